The molecule has 3 aliphatic heterocycles. The molecule has 194 valence electrons. The van der Waals surface area contributed by atoms with Gasteiger partial charge in [0, 0.05) is 27.9 Å². The van der Waals surface area contributed by atoms with Crippen molar-refractivity contribution in [2.24, 2.45) is 11.1 Å². The first-order valence-electron chi connectivity index (χ1n) is 10.3. The second-order valence-corrected chi connectivity index (χ2v) is 10.2. The van der Waals surface area contributed by atoms with Gasteiger partial charge in [0.1, 0.15) is 29.7 Å². The standard InChI is InChI=1S/C18H20N6O10S2.Na/c1-32-17(30)20-2-3-33-23-10(8-5-35-16(19)21-8)12(26)22-11-13(27)24-14(11)36(31)6-7-4-9(25)34-18(7,24)15(28)29;/h5,7,11,14H,2-4,6H2,1H3,(H2,19,21)(H,20,30)(H,22,26)(H,28,29);/q;+1/p-1/b23-10-;/t7-,11+,14+,18+,36-;/m0./s1. The fourth-order valence-electron chi connectivity index (χ4n) is 4.07. The van der Waals surface area contributed by atoms with Crippen molar-refractivity contribution in [2.45, 2.75) is 23.6 Å². The predicted molar refractivity (Wildman–Crippen MR) is 117 cm³/mol. The van der Waals surface area contributed by atoms with Crippen LogP contribution >= 0.6 is 11.3 Å². The maximum Gasteiger partial charge on any atom is 1.00 e. The molecule has 1 aromatic heterocycles. The number of aliphatic carboxylic acids is 1. The molecule has 4 heterocycles. The van der Waals surface area contributed by atoms with E-state index in [2.05, 4.69) is 25.5 Å². The number of carboxylic acid groups (broad SMARTS) is 1. The van der Waals surface area contributed by atoms with Gasteiger partial charge in [0.05, 0.1) is 20.1 Å². The second-order valence-electron chi connectivity index (χ2n) is 7.72. The first kappa shape index (κ1) is 28.8. The number of carbonyl (C=O) groups excluding carboxylic acids is 5. The number of β-lactam (4-membered cyclic amide) rings is 1. The zero-order valence-corrected chi connectivity index (χ0v) is 23.1. The van der Waals surface area contributed by atoms with E-state index in [0.29, 0.717) is 4.90 Å². The molecule has 0 aliphatic carbocycles. The van der Waals surface area contributed by atoms with E-state index in [-0.39, 0.29) is 71.4 Å². The Bertz CT molecular complexity index is 1190. The van der Waals surface area contributed by atoms with Crippen LogP contribution in [0.5, 0.6) is 0 Å². The van der Waals surface area contributed by atoms with E-state index in [0.717, 1.165) is 11.3 Å². The fourth-order valence-corrected chi connectivity index (χ4v) is 6.54. The van der Waals surface area contributed by atoms with Gasteiger partial charge in [-0.1, -0.05) is 5.16 Å². The van der Waals surface area contributed by atoms with Gasteiger partial charge in [-0.25, -0.2) is 9.78 Å². The Morgan fingerprint density at radius 2 is 2.16 bits per heavy atom. The van der Waals surface area contributed by atoms with Crippen molar-refractivity contribution in [3.63, 3.8) is 0 Å². The molecule has 0 bridgehead atoms. The van der Waals surface area contributed by atoms with Crippen LogP contribution < -0.4 is 51.0 Å². The Morgan fingerprint density at radius 3 is 2.78 bits per heavy atom. The van der Waals surface area contributed by atoms with E-state index < -0.39 is 63.7 Å². The summed E-state index contributed by atoms with van der Waals surface area (Å²) in [5.41, 5.74) is 2.87. The van der Waals surface area contributed by atoms with Gasteiger partial charge in [-0.2, -0.15) is 0 Å². The van der Waals surface area contributed by atoms with Crippen LogP contribution in [0.3, 0.4) is 0 Å². The largest absolute Gasteiger partial charge is 1.00 e. The van der Waals surface area contributed by atoms with E-state index >= 15 is 0 Å². The Labute approximate surface area is 237 Å². The van der Waals surface area contributed by atoms with Crippen molar-refractivity contribution < 1.29 is 77.2 Å². The average Bonchev–Trinajstić information content (AvgIpc) is 3.40. The van der Waals surface area contributed by atoms with E-state index in [9.17, 15) is 33.3 Å². The first-order chi connectivity index (χ1) is 17.1. The molecule has 5 atom stereocenters. The summed E-state index contributed by atoms with van der Waals surface area (Å²) in [6, 6.07) is -1.41. The van der Waals surface area contributed by atoms with Crippen molar-refractivity contribution in [3.05, 3.63) is 11.1 Å². The molecule has 37 heavy (non-hydrogen) atoms. The van der Waals surface area contributed by atoms with Crippen LogP contribution in [0.4, 0.5) is 9.93 Å². The van der Waals surface area contributed by atoms with Gasteiger partial charge in [-0.05, 0) is 0 Å². The Hall–Kier alpha value is -2.80. The molecular weight excluding hydrogens is 547 g/mol. The maximum atomic E-state index is 13.0. The van der Waals surface area contributed by atoms with Gasteiger partial charge in [-0.3, -0.25) is 23.5 Å². The number of anilines is 1. The molecule has 19 heteroatoms. The fraction of sp³-hybridized carbons (Fsp3) is 0.500. The van der Waals surface area contributed by atoms with Crippen molar-refractivity contribution >= 4 is 62.8 Å². The number of oxime groups is 1. The number of hydrogen-bond acceptors (Lipinski definition) is 14. The van der Waals surface area contributed by atoms with Crippen LogP contribution in [0, 0.1) is 5.92 Å². The zero-order valence-electron chi connectivity index (χ0n) is 19.5. The van der Waals surface area contributed by atoms with Gasteiger partial charge in [0.25, 0.3) is 11.8 Å². The number of amides is 3. The quantitative estimate of drug-likeness (QED) is 0.0665. The molecule has 16 nitrogen and oxygen atoms in total. The van der Waals surface area contributed by atoms with Crippen molar-refractivity contribution in [2.75, 3.05) is 31.7 Å². The molecular formula is C18H19N6NaO10S2. The van der Waals surface area contributed by atoms with Gasteiger partial charge < -0.3 is 40.6 Å². The van der Waals surface area contributed by atoms with E-state index in [1.54, 1.807) is 0 Å². The number of alkyl carbamates (subject to hydrolysis) is 1. The van der Waals surface area contributed by atoms with Crippen molar-refractivity contribution in [1.82, 2.24) is 20.5 Å². The summed E-state index contributed by atoms with van der Waals surface area (Å²) < 4.78 is 22.2. The van der Waals surface area contributed by atoms with Crippen LogP contribution in [0.1, 0.15) is 12.1 Å². The average molecular weight is 567 g/mol. The number of carbonyl (C=O) groups is 5. The Morgan fingerprint density at radius 1 is 1.43 bits per heavy atom. The summed E-state index contributed by atoms with van der Waals surface area (Å²) in [6.07, 6.45) is -1.04. The number of nitrogen functional groups attached to an aromatic ring is 1. The molecule has 3 saturated heterocycles. The number of fused-ring (bicyclic) bond motifs is 3. The smallest absolute Gasteiger partial charge is 0.544 e. The number of nitrogens with one attached hydrogen (secondary N) is 2. The molecule has 0 radical (unpaired) electrons. The number of ether oxygens (including phenoxy) is 2. The second kappa shape index (κ2) is 11.3. The number of nitrogens with zero attached hydrogens (tertiary/aromatic N) is 3. The topological polar surface area (TPSA) is 232 Å². The number of hydrogen-bond donors (Lipinski definition) is 3. The molecule has 0 spiro atoms. The summed E-state index contributed by atoms with van der Waals surface area (Å²) in [6.45, 7) is -0.165. The summed E-state index contributed by atoms with van der Waals surface area (Å²) in [4.78, 5) is 70.5. The first-order valence-corrected chi connectivity index (χ1v) is 12.5. The number of aromatic nitrogens is 1. The summed E-state index contributed by atoms with van der Waals surface area (Å²) in [5, 5.41) is 20.6. The van der Waals surface area contributed by atoms with E-state index in [1.807, 2.05) is 0 Å². The van der Waals surface area contributed by atoms with Crippen LogP contribution in [-0.4, -0.2) is 92.8 Å². The van der Waals surface area contributed by atoms with Crippen molar-refractivity contribution in [1.29, 1.82) is 0 Å². The molecule has 3 aliphatic rings. The SMILES string of the molecule is COC(=O)NCCO/N=C(\C(=O)N[C@@H]1C(=O)N2[C@@H]1[S@@](=O)C[C@@H]1CC(=O)O[C@@]12C(=O)[O-])c1csc(N)n1.[Na+]. The Balaban J connectivity index is 0.00000380. The van der Waals surface area contributed by atoms with E-state index in [1.165, 1.54) is 12.5 Å². The predicted octanol–water partition coefficient (Wildman–Crippen LogP) is -6.77. The van der Waals surface area contributed by atoms with Crippen molar-refractivity contribution in [3.8, 4) is 0 Å². The Kier molecular flexibility index (Phi) is 8.78. The number of thiazole rings is 1. The third kappa shape index (κ3) is 5.15. The van der Waals surface area contributed by atoms with Crippen LogP contribution in [0.25, 0.3) is 0 Å². The minimum absolute atomic E-state index is 0. The molecule has 4 rings (SSSR count). The summed E-state index contributed by atoms with van der Waals surface area (Å²) >= 11 is 1.00. The number of rotatable bonds is 8. The third-order valence-electron chi connectivity index (χ3n) is 5.63. The van der Waals surface area contributed by atoms with Crippen LogP contribution in [-0.2, 0) is 44.3 Å². The molecule has 3 fully saturated rings. The number of nitrogens with two attached hydrogens (primary N) is 1. The minimum Gasteiger partial charge on any atom is -0.544 e. The summed E-state index contributed by atoms with van der Waals surface area (Å²) in [5.74, 6) is -5.85. The molecule has 4 N–H and O–H groups in total. The van der Waals surface area contributed by atoms with Gasteiger partial charge in [0.15, 0.2) is 10.8 Å². The zero-order chi connectivity index (χ0) is 26.2. The number of carboxylic acids is 1. The number of methoxy groups -OCH3 is 1. The normalized spacial score (nSPS) is 28.0. The van der Waals surface area contributed by atoms with Crippen LogP contribution in [0.2, 0.25) is 0 Å². The minimum atomic E-state index is -2.38. The molecule has 0 saturated carbocycles. The van der Waals surface area contributed by atoms with Gasteiger partial charge >= 0.3 is 41.6 Å². The number of esters is 1. The van der Waals surface area contributed by atoms with Gasteiger partial charge in [-0.15, -0.1) is 11.3 Å². The maximum absolute atomic E-state index is 13.0. The monoisotopic (exact) mass is 566 g/mol. The van der Waals surface area contributed by atoms with E-state index in [4.69, 9.17) is 15.3 Å². The molecule has 0 aromatic carbocycles. The third-order valence-corrected chi connectivity index (χ3v) is 8.06. The van der Waals surface area contributed by atoms with Crippen LogP contribution in [0.15, 0.2) is 10.5 Å². The molecule has 1 aromatic rings. The summed E-state index contributed by atoms with van der Waals surface area (Å²) in [7, 11) is -0.642. The van der Waals surface area contributed by atoms with Gasteiger partial charge in [0.2, 0.25) is 5.72 Å². The molecule has 0 unspecified atom stereocenters. The molecule has 3 amide bonds.